The van der Waals surface area contributed by atoms with Gasteiger partial charge in [0.15, 0.2) is 0 Å². The second-order valence-electron chi connectivity index (χ2n) is 2.71. The second-order valence-corrected chi connectivity index (χ2v) is 4.48. The fourth-order valence-corrected chi connectivity index (χ4v) is 2.68. The highest BCUT2D eigenvalue weighted by molar-refractivity contribution is 9.10. The van der Waals surface area contributed by atoms with Crippen LogP contribution in [0.15, 0.2) is 22.0 Å². The van der Waals surface area contributed by atoms with Gasteiger partial charge in [0.2, 0.25) is 0 Å². The third-order valence-electron chi connectivity index (χ3n) is 1.90. The van der Waals surface area contributed by atoms with Gasteiger partial charge in [-0.05, 0) is 27.4 Å². The van der Waals surface area contributed by atoms with Crippen LogP contribution >= 0.6 is 27.3 Å². The van der Waals surface area contributed by atoms with E-state index in [1.54, 1.807) is 11.4 Å². The first-order chi connectivity index (χ1) is 6.61. The molecular weight excluding hydrogens is 268 g/mol. The topological polar surface area (TPSA) is 69.2 Å². The number of hydrogen-bond acceptors (Lipinski definition) is 4. The minimum atomic E-state index is -0.404. The number of nitro groups is 1. The molecule has 0 aliphatic heterocycles. The Bertz CT molecular complexity index is 523. The first kappa shape index (κ1) is 9.42. The van der Waals surface area contributed by atoms with Crippen LogP contribution in [0.2, 0.25) is 0 Å². The van der Waals surface area contributed by atoms with Gasteiger partial charge in [-0.15, -0.1) is 11.3 Å². The van der Waals surface area contributed by atoms with Gasteiger partial charge in [-0.25, -0.2) is 0 Å². The Morgan fingerprint density at radius 2 is 2.29 bits per heavy atom. The Morgan fingerprint density at radius 3 is 2.93 bits per heavy atom. The molecule has 1 aromatic heterocycles. The summed E-state index contributed by atoms with van der Waals surface area (Å²) < 4.78 is 1.32. The van der Waals surface area contributed by atoms with E-state index in [2.05, 4.69) is 15.9 Å². The summed E-state index contributed by atoms with van der Waals surface area (Å²) in [4.78, 5) is 10.3. The molecule has 0 atom stereocenters. The quantitative estimate of drug-likeness (QED) is 0.493. The van der Waals surface area contributed by atoms with E-state index >= 15 is 0 Å². The van der Waals surface area contributed by atoms with Crippen LogP contribution in [0.4, 0.5) is 11.4 Å². The molecule has 1 aromatic carbocycles. The SMILES string of the molecule is Nc1c(Br)cc([N+](=O)[O-])c2ccsc12. The summed E-state index contributed by atoms with van der Waals surface area (Å²) in [6.07, 6.45) is 0. The minimum Gasteiger partial charge on any atom is -0.397 e. The Morgan fingerprint density at radius 1 is 1.57 bits per heavy atom. The van der Waals surface area contributed by atoms with E-state index in [0.29, 0.717) is 15.5 Å². The largest absolute Gasteiger partial charge is 0.397 e. The van der Waals surface area contributed by atoms with Crippen molar-refractivity contribution in [2.24, 2.45) is 0 Å². The lowest BCUT2D eigenvalue weighted by Crippen LogP contribution is -1.92. The third kappa shape index (κ3) is 1.27. The summed E-state index contributed by atoms with van der Waals surface area (Å²) in [6, 6.07) is 3.14. The molecule has 2 rings (SSSR count). The summed E-state index contributed by atoms with van der Waals surface area (Å²) in [7, 11) is 0. The Kier molecular flexibility index (Phi) is 2.16. The number of thiophene rings is 1. The lowest BCUT2D eigenvalue weighted by molar-refractivity contribution is -0.383. The highest BCUT2D eigenvalue weighted by Crippen LogP contribution is 2.38. The first-order valence-corrected chi connectivity index (χ1v) is 5.38. The predicted octanol–water partition coefficient (Wildman–Crippen LogP) is 3.15. The van der Waals surface area contributed by atoms with Crippen molar-refractivity contribution in [3.63, 3.8) is 0 Å². The van der Waals surface area contributed by atoms with E-state index in [-0.39, 0.29) is 5.69 Å². The molecule has 0 fully saturated rings. The molecule has 0 aliphatic rings. The maximum absolute atomic E-state index is 10.7. The van der Waals surface area contributed by atoms with Crippen molar-refractivity contribution in [1.82, 2.24) is 0 Å². The van der Waals surface area contributed by atoms with E-state index in [9.17, 15) is 10.1 Å². The average Bonchev–Trinajstić information content (AvgIpc) is 2.59. The van der Waals surface area contributed by atoms with Crippen molar-refractivity contribution in [3.8, 4) is 0 Å². The molecule has 0 radical (unpaired) electrons. The number of nitro benzene ring substituents is 1. The van der Waals surface area contributed by atoms with Crippen molar-refractivity contribution in [1.29, 1.82) is 0 Å². The monoisotopic (exact) mass is 272 g/mol. The molecule has 0 aliphatic carbocycles. The van der Waals surface area contributed by atoms with Crippen molar-refractivity contribution in [3.05, 3.63) is 32.1 Å². The summed E-state index contributed by atoms with van der Waals surface area (Å²) in [5.74, 6) is 0. The van der Waals surface area contributed by atoms with Crippen LogP contribution in [-0.2, 0) is 0 Å². The molecular formula is C8H5BrN2O2S. The number of halogens is 1. The molecule has 0 spiro atoms. The Hall–Kier alpha value is -1.14. The zero-order chi connectivity index (χ0) is 10.3. The minimum absolute atomic E-state index is 0.0855. The van der Waals surface area contributed by atoms with E-state index < -0.39 is 4.92 Å². The molecule has 4 nitrogen and oxygen atoms in total. The summed E-state index contributed by atoms with van der Waals surface area (Å²) in [5, 5.41) is 13.1. The molecule has 6 heteroatoms. The summed E-state index contributed by atoms with van der Waals surface area (Å²) >= 11 is 4.60. The normalized spacial score (nSPS) is 10.6. The highest BCUT2D eigenvalue weighted by Gasteiger charge is 2.16. The van der Waals surface area contributed by atoms with Gasteiger partial charge in [0, 0.05) is 10.5 Å². The van der Waals surface area contributed by atoms with Crippen LogP contribution in [0.3, 0.4) is 0 Å². The number of rotatable bonds is 1. The van der Waals surface area contributed by atoms with Crippen LogP contribution < -0.4 is 5.73 Å². The van der Waals surface area contributed by atoms with E-state index in [1.165, 1.54) is 17.4 Å². The Labute approximate surface area is 91.6 Å². The molecule has 0 saturated carbocycles. The molecule has 2 N–H and O–H groups in total. The maximum Gasteiger partial charge on any atom is 0.279 e. The number of benzene rings is 1. The molecule has 0 unspecified atom stereocenters. The van der Waals surface area contributed by atoms with Crippen LogP contribution in [0, 0.1) is 10.1 Å². The second kappa shape index (κ2) is 3.21. The number of hydrogen-bond donors (Lipinski definition) is 1. The fraction of sp³-hybridized carbons (Fsp3) is 0. The number of nitrogens with zero attached hydrogens (tertiary/aromatic N) is 1. The molecule has 0 saturated heterocycles. The molecule has 0 amide bonds. The van der Waals surface area contributed by atoms with Gasteiger partial charge >= 0.3 is 0 Å². The molecule has 2 aromatic rings. The summed E-state index contributed by atoms with van der Waals surface area (Å²) in [5.41, 5.74) is 6.41. The van der Waals surface area contributed by atoms with Gasteiger partial charge < -0.3 is 5.73 Å². The van der Waals surface area contributed by atoms with Crippen molar-refractivity contribution in [2.45, 2.75) is 0 Å². The highest BCUT2D eigenvalue weighted by atomic mass is 79.9. The van der Waals surface area contributed by atoms with Gasteiger partial charge in [0.25, 0.3) is 5.69 Å². The fourth-order valence-electron chi connectivity index (χ4n) is 1.25. The van der Waals surface area contributed by atoms with Crippen molar-refractivity contribution < 1.29 is 4.92 Å². The number of non-ortho nitro benzene ring substituents is 1. The Balaban J connectivity index is 2.91. The third-order valence-corrected chi connectivity index (χ3v) is 3.51. The lowest BCUT2D eigenvalue weighted by Gasteiger charge is -2.00. The van der Waals surface area contributed by atoms with Gasteiger partial charge in [0.05, 0.1) is 20.7 Å². The lowest BCUT2D eigenvalue weighted by atomic mass is 10.2. The van der Waals surface area contributed by atoms with Gasteiger partial charge in [0.1, 0.15) is 0 Å². The van der Waals surface area contributed by atoms with E-state index in [1.807, 2.05) is 0 Å². The zero-order valence-electron chi connectivity index (χ0n) is 6.86. The van der Waals surface area contributed by atoms with Crippen LogP contribution in [0.5, 0.6) is 0 Å². The molecule has 1 heterocycles. The van der Waals surface area contributed by atoms with Crippen LogP contribution in [0.1, 0.15) is 0 Å². The smallest absolute Gasteiger partial charge is 0.279 e. The average molecular weight is 273 g/mol. The van der Waals surface area contributed by atoms with Gasteiger partial charge in [-0.1, -0.05) is 0 Å². The zero-order valence-corrected chi connectivity index (χ0v) is 9.26. The molecule has 72 valence electrons. The van der Waals surface area contributed by atoms with Crippen molar-refractivity contribution in [2.75, 3.05) is 5.73 Å². The van der Waals surface area contributed by atoms with Gasteiger partial charge in [-0.3, -0.25) is 10.1 Å². The predicted molar refractivity (Wildman–Crippen MR) is 60.6 cm³/mol. The summed E-state index contributed by atoms with van der Waals surface area (Å²) in [6.45, 7) is 0. The van der Waals surface area contributed by atoms with E-state index in [0.717, 1.165) is 4.70 Å². The standard InChI is InChI=1S/C8H5BrN2O2S/c9-5-3-6(11(12)13)4-1-2-14-8(4)7(5)10/h1-3H,10H2. The molecule has 0 bridgehead atoms. The number of fused-ring (bicyclic) bond motifs is 1. The van der Waals surface area contributed by atoms with Crippen LogP contribution in [-0.4, -0.2) is 4.92 Å². The van der Waals surface area contributed by atoms with Gasteiger partial charge in [-0.2, -0.15) is 0 Å². The number of nitrogen functional groups attached to an aromatic ring is 1. The van der Waals surface area contributed by atoms with Crippen molar-refractivity contribution >= 4 is 48.7 Å². The van der Waals surface area contributed by atoms with E-state index in [4.69, 9.17) is 5.73 Å². The number of anilines is 1. The maximum atomic E-state index is 10.7. The van der Waals surface area contributed by atoms with Crippen LogP contribution in [0.25, 0.3) is 10.1 Å². The number of nitrogens with two attached hydrogens (primary N) is 1. The first-order valence-electron chi connectivity index (χ1n) is 3.71. The molecule has 14 heavy (non-hydrogen) atoms.